The van der Waals surface area contributed by atoms with E-state index >= 15 is 0 Å². The van der Waals surface area contributed by atoms with E-state index in [-0.39, 0.29) is 31.1 Å². The van der Waals surface area contributed by atoms with E-state index in [1.54, 1.807) is 0 Å². The van der Waals surface area contributed by atoms with Crippen molar-refractivity contribution in [1.29, 1.82) is 0 Å². The van der Waals surface area contributed by atoms with Crippen molar-refractivity contribution < 1.29 is 28.6 Å². The van der Waals surface area contributed by atoms with Crippen LogP contribution in [-0.2, 0) is 28.6 Å². The van der Waals surface area contributed by atoms with Gasteiger partial charge in [-0.1, -0.05) is 269 Å². The van der Waals surface area contributed by atoms with Crippen molar-refractivity contribution >= 4 is 17.9 Å². The fourth-order valence-electron chi connectivity index (χ4n) is 8.40. The zero-order valence-electron chi connectivity index (χ0n) is 43.5. The van der Waals surface area contributed by atoms with Gasteiger partial charge in [0.15, 0.2) is 6.10 Å². The lowest BCUT2D eigenvalue weighted by Crippen LogP contribution is -2.30. The first kappa shape index (κ1) is 62.6. The smallest absolute Gasteiger partial charge is 0.306 e. The summed E-state index contributed by atoms with van der Waals surface area (Å²) < 4.78 is 16.9. The molecular weight excluding hydrogens is 805 g/mol. The second-order valence-electron chi connectivity index (χ2n) is 19.2. The maximum Gasteiger partial charge on any atom is 0.306 e. The third-order valence-corrected chi connectivity index (χ3v) is 12.7. The largest absolute Gasteiger partial charge is 0.462 e. The molecule has 0 fully saturated rings. The summed E-state index contributed by atoms with van der Waals surface area (Å²) in [5.74, 6) is -0.867. The lowest BCUT2D eigenvalue weighted by atomic mass is 10.0. The predicted octanol–water partition coefficient (Wildman–Crippen LogP) is 18.9. The molecule has 1 atom stereocenters. The molecule has 0 saturated carbocycles. The number of ether oxygens (including phenoxy) is 3. The molecule has 0 rings (SSSR count). The number of hydrogen-bond donors (Lipinski definition) is 0. The van der Waals surface area contributed by atoms with Gasteiger partial charge >= 0.3 is 17.9 Å². The maximum absolute atomic E-state index is 12.8. The summed E-state index contributed by atoms with van der Waals surface area (Å²) in [6.07, 6.45) is 64.2. The van der Waals surface area contributed by atoms with Crippen LogP contribution in [0.2, 0.25) is 0 Å². The Kier molecular flexibility index (Phi) is 52.3. The normalized spacial score (nSPS) is 12.2. The number of carbonyl (C=O) groups excluding carboxylic acids is 3. The summed E-state index contributed by atoms with van der Waals surface area (Å²) in [6, 6.07) is 0. The average Bonchev–Trinajstić information content (AvgIpc) is 3.30. The Balaban J connectivity index is 4.33. The van der Waals surface area contributed by atoms with Crippen LogP contribution in [0.1, 0.15) is 303 Å². The molecule has 0 N–H and O–H groups in total. The number of rotatable bonds is 52. The van der Waals surface area contributed by atoms with Crippen molar-refractivity contribution in [3.8, 4) is 0 Å². The summed E-state index contributed by atoms with van der Waals surface area (Å²) in [6.45, 7) is 6.56. The van der Waals surface area contributed by atoms with Crippen molar-refractivity contribution in [1.82, 2.24) is 0 Å². The number of carbonyl (C=O) groups is 3. The van der Waals surface area contributed by atoms with E-state index in [1.165, 1.54) is 180 Å². The van der Waals surface area contributed by atoms with Gasteiger partial charge < -0.3 is 14.2 Å². The molecule has 0 aliphatic carbocycles. The van der Waals surface area contributed by atoms with Gasteiger partial charge in [0.2, 0.25) is 0 Å². The minimum atomic E-state index is -0.774. The third kappa shape index (κ3) is 52.5. The fourth-order valence-corrected chi connectivity index (χ4v) is 8.40. The molecule has 6 nitrogen and oxygen atoms in total. The molecule has 0 saturated heterocycles. The van der Waals surface area contributed by atoms with Crippen LogP contribution in [0.4, 0.5) is 0 Å². The molecule has 0 aromatic heterocycles. The molecule has 0 aliphatic rings. The monoisotopic (exact) mass is 913 g/mol. The van der Waals surface area contributed by atoms with Crippen molar-refractivity contribution in [2.45, 2.75) is 309 Å². The van der Waals surface area contributed by atoms with E-state index < -0.39 is 6.10 Å². The Hall–Kier alpha value is -2.37. The lowest BCUT2D eigenvalue weighted by molar-refractivity contribution is -0.167. The topological polar surface area (TPSA) is 78.9 Å². The first-order valence-electron chi connectivity index (χ1n) is 28.5. The van der Waals surface area contributed by atoms with Gasteiger partial charge in [-0.15, -0.1) is 0 Å². The third-order valence-electron chi connectivity index (χ3n) is 12.7. The van der Waals surface area contributed by atoms with Crippen molar-refractivity contribution in [2.75, 3.05) is 13.2 Å². The van der Waals surface area contributed by atoms with Gasteiger partial charge in [-0.05, 0) is 51.4 Å². The SMILES string of the molecule is CC/C=C\C/C=C\C/C=C\CCCCCCCCC(=O)OC(COC(=O)CCCCCCCCCCCCCCC)COC(=O)CCCCCCCCCCCCCCCCCCCC. The van der Waals surface area contributed by atoms with E-state index in [0.29, 0.717) is 19.3 Å². The Labute approximate surface area is 404 Å². The predicted molar refractivity (Wildman–Crippen MR) is 279 cm³/mol. The average molecular weight is 914 g/mol. The van der Waals surface area contributed by atoms with Crippen LogP contribution in [-0.4, -0.2) is 37.2 Å². The van der Waals surface area contributed by atoms with Gasteiger partial charge in [-0.25, -0.2) is 0 Å². The van der Waals surface area contributed by atoms with E-state index in [2.05, 4.69) is 57.2 Å². The standard InChI is InChI=1S/C59H108O6/c1-4-7-10-13-16-19-22-25-27-29-30-32-34-37-40-43-46-49-52-58(61)64-55-56(54-63-57(60)51-48-45-42-39-36-33-24-21-18-15-12-9-6-3)65-59(62)53-50-47-44-41-38-35-31-28-26-23-20-17-14-11-8-5-2/h8,11,17,20,26,28,56H,4-7,9-10,12-16,18-19,21-25,27,29-55H2,1-3H3/b11-8-,20-17-,28-26-. The molecule has 0 aromatic rings. The highest BCUT2D eigenvalue weighted by atomic mass is 16.6. The Morgan fingerprint density at radius 3 is 0.938 bits per heavy atom. The van der Waals surface area contributed by atoms with Crippen LogP contribution in [0.5, 0.6) is 0 Å². The van der Waals surface area contributed by atoms with Crippen LogP contribution in [0.15, 0.2) is 36.5 Å². The molecule has 0 radical (unpaired) electrons. The lowest BCUT2D eigenvalue weighted by Gasteiger charge is -2.18. The van der Waals surface area contributed by atoms with Crippen molar-refractivity contribution in [2.24, 2.45) is 0 Å². The first-order valence-corrected chi connectivity index (χ1v) is 28.5. The molecule has 0 heterocycles. The highest BCUT2D eigenvalue weighted by molar-refractivity contribution is 5.71. The minimum Gasteiger partial charge on any atom is -0.462 e. The van der Waals surface area contributed by atoms with E-state index in [4.69, 9.17) is 14.2 Å². The second-order valence-corrected chi connectivity index (χ2v) is 19.2. The molecule has 0 aliphatic heterocycles. The van der Waals surface area contributed by atoms with E-state index in [0.717, 1.165) is 83.5 Å². The highest BCUT2D eigenvalue weighted by Gasteiger charge is 2.19. The summed E-state index contributed by atoms with van der Waals surface area (Å²) in [7, 11) is 0. The molecule has 0 bridgehead atoms. The second kappa shape index (κ2) is 54.2. The maximum atomic E-state index is 12.8. The van der Waals surface area contributed by atoms with Crippen molar-refractivity contribution in [3.05, 3.63) is 36.5 Å². The molecule has 65 heavy (non-hydrogen) atoms. The van der Waals surface area contributed by atoms with Gasteiger partial charge in [0.25, 0.3) is 0 Å². The number of allylic oxidation sites excluding steroid dienone is 6. The molecule has 6 heteroatoms. The zero-order chi connectivity index (χ0) is 47.2. The number of unbranched alkanes of at least 4 members (excludes halogenated alkanes) is 35. The van der Waals surface area contributed by atoms with Gasteiger partial charge in [0.1, 0.15) is 13.2 Å². The zero-order valence-corrected chi connectivity index (χ0v) is 43.5. The molecular formula is C59H108O6. The minimum absolute atomic E-state index is 0.0727. The van der Waals surface area contributed by atoms with E-state index in [1.807, 2.05) is 0 Å². The first-order chi connectivity index (χ1) is 32.0. The number of esters is 3. The van der Waals surface area contributed by atoms with Crippen LogP contribution >= 0.6 is 0 Å². The van der Waals surface area contributed by atoms with E-state index in [9.17, 15) is 14.4 Å². The number of hydrogen-bond acceptors (Lipinski definition) is 6. The molecule has 0 amide bonds. The Morgan fingerprint density at radius 2 is 0.600 bits per heavy atom. The van der Waals surface area contributed by atoms with Crippen LogP contribution in [0.25, 0.3) is 0 Å². The molecule has 0 aromatic carbocycles. The summed E-state index contributed by atoms with van der Waals surface area (Å²) in [5.41, 5.74) is 0. The highest BCUT2D eigenvalue weighted by Crippen LogP contribution is 2.17. The molecule has 1 unspecified atom stereocenters. The van der Waals surface area contributed by atoms with Gasteiger partial charge in [0, 0.05) is 19.3 Å². The van der Waals surface area contributed by atoms with Gasteiger partial charge in [0.05, 0.1) is 0 Å². The van der Waals surface area contributed by atoms with Gasteiger partial charge in [-0.2, -0.15) is 0 Å². The quantitative estimate of drug-likeness (QED) is 0.0262. The van der Waals surface area contributed by atoms with Crippen LogP contribution in [0, 0.1) is 0 Å². The van der Waals surface area contributed by atoms with Crippen molar-refractivity contribution in [3.63, 3.8) is 0 Å². The van der Waals surface area contributed by atoms with Gasteiger partial charge in [-0.3, -0.25) is 14.4 Å². The summed E-state index contributed by atoms with van der Waals surface area (Å²) in [5, 5.41) is 0. The Bertz CT molecular complexity index is 1090. The molecule has 0 spiro atoms. The Morgan fingerprint density at radius 1 is 0.323 bits per heavy atom. The summed E-state index contributed by atoms with van der Waals surface area (Å²) in [4.78, 5) is 38.1. The van der Waals surface area contributed by atoms with Crippen LogP contribution in [0.3, 0.4) is 0 Å². The van der Waals surface area contributed by atoms with Crippen LogP contribution < -0.4 is 0 Å². The molecule has 380 valence electrons. The summed E-state index contributed by atoms with van der Waals surface area (Å²) >= 11 is 0. The fraction of sp³-hybridized carbons (Fsp3) is 0.847.